The highest BCUT2D eigenvalue weighted by atomic mass is 35.5. The molecule has 0 saturated carbocycles. The third-order valence-corrected chi connectivity index (χ3v) is 7.52. The van der Waals surface area contributed by atoms with Crippen molar-refractivity contribution >= 4 is 64.2 Å². The molecule has 3 amide bonds. The van der Waals surface area contributed by atoms with Crippen LogP contribution in [0.1, 0.15) is 28.4 Å². The van der Waals surface area contributed by atoms with Crippen molar-refractivity contribution in [3.05, 3.63) is 135 Å². The molecule has 3 N–H and O–H groups in total. The Balaban J connectivity index is 1.48. The number of nitro groups is 1. The zero-order chi connectivity index (χ0) is 30.9. The molecule has 0 radical (unpaired) electrons. The van der Waals surface area contributed by atoms with Gasteiger partial charge in [-0.15, -0.1) is 11.8 Å². The lowest BCUT2D eigenvalue weighted by Gasteiger charge is -2.15. The molecular weight excluding hydrogens is 588 g/mol. The number of halogens is 1. The maximum absolute atomic E-state index is 13.4. The van der Waals surface area contributed by atoms with Gasteiger partial charge < -0.3 is 16.0 Å². The highest BCUT2D eigenvalue weighted by molar-refractivity contribution is 8.00. The first-order chi connectivity index (χ1) is 20.6. The van der Waals surface area contributed by atoms with Gasteiger partial charge in [-0.05, 0) is 73.5 Å². The van der Waals surface area contributed by atoms with Crippen molar-refractivity contribution in [3.8, 4) is 0 Å². The Morgan fingerprint density at radius 3 is 2.33 bits per heavy atom. The molecule has 218 valence electrons. The van der Waals surface area contributed by atoms with E-state index in [1.165, 1.54) is 23.9 Å². The summed E-state index contributed by atoms with van der Waals surface area (Å²) in [7, 11) is 0. The van der Waals surface area contributed by atoms with Crippen molar-refractivity contribution in [2.24, 2.45) is 0 Å². The number of non-ortho nitro benzene ring substituents is 1. The van der Waals surface area contributed by atoms with Crippen molar-refractivity contribution in [3.63, 3.8) is 0 Å². The topological polar surface area (TPSA) is 130 Å². The van der Waals surface area contributed by atoms with Crippen LogP contribution in [-0.2, 0) is 9.59 Å². The van der Waals surface area contributed by atoms with Gasteiger partial charge in [-0.3, -0.25) is 24.5 Å². The van der Waals surface area contributed by atoms with Crippen molar-refractivity contribution in [1.29, 1.82) is 0 Å². The normalized spacial score (nSPS) is 11.7. The first kappa shape index (κ1) is 31.0. The summed E-state index contributed by atoms with van der Waals surface area (Å²) in [6.07, 6.45) is 1.55. The van der Waals surface area contributed by atoms with Gasteiger partial charge in [-0.25, -0.2) is 0 Å². The van der Waals surface area contributed by atoms with Crippen LogP contribution in [0.15, 0.2) is 108 Å². The van der Waals surface area contributed by atoms with E-state index >= 15 is 0 Å². The van der Waals surface area contributed by atoms with Gasteiger partial charge in [0.25, 0.3) is 17.5 Å². The summed E-state index contributed by atoms with van der Waals surface area (Å²) in [6.45, 7) is 3.46. The van der Waals surface area contributed by atoms with Crippen LogP contribution in [0.4, 0.5) is 17.1 Å². The van der Waals surface area contributed by atoms with Crippen LogP contribution in [0, 0.1) is 17.0 Å². The smallest absolute Gasteiger partial charge is 0.272 e. The van der Waals surface area contributed by atoms with Crippen molar-refractivity contribution in [2.75, 3.05) is 10.6 Å². The molecular formula is C32H27ClN4O5S. The summed E-state index contributed by atoms with van der Waals surface area (Å²) < 4.78 is 0. The van der Waals surface area contributed by atoms with Crippen LogP contribution in [0.3, 0.4) is 0 Å². The second-order valence-corrected chi connectivity index (χ2v) is 11.3. The number of nitrogens with zero attached hydrogens (tertiary/aromatic N) is 1. The van der Waals surface area contributed by atoms with E-state index in [4.69, 9.17) is 11.6 Å². The van der Waals surface area contributed by atoms with Crippen LogP contribution < -0.4 is 16.0 Å². The van der Waals surface area contributed by atoms with Gasteiger partial charge in [0, 0.05) is 33.3 Å². The maximum Gasteiger partial charge on any atom is 0.272 e. The summed E-state index contributed by atoms with van der Waals surface area (Å²) in [5.74, 6) is -1.33. The molecule has 0 heterocycles. The first-order valence-corrected chi connectivity index (χ1v) is 14.3. The maximum atomic E-state index is 13.4. The second-order valence-electron chi connectivity index (χ2n) is 9.42. The molecule has 1 atom stereocenters. The lowest BCUT2D eigenvalue weighted by Crippen LogP contribution is -2.30. The zero-order valence-corrected chi connectivity index (χ0v) is 24.7. The van der Waals surface area contributed by atoms with Crippen LogP contribution in [0.2, 0.25) is 5.02 Å². The predicted octanol–water partition coefficient (Wildman–Crippen LogP) is 7.09. The number of carbonyl (C=O) groups excluding carboxylic acids is 3. The molecule has 4 rings (SSSR count). The molecule has 0 aliphatic heterocycles. The fourth-order valence-electron chi connectivity index (χ4n) is 3.86. The summed E-state index contributed by atoms with van der Waals surface area (Å²) in [4.78, 5) is 50.4. The van der Waals surface area contributed by atoms with E-state index in [9.17, 15) is 24.5 Å². The number of nitrogens with one attached hydrogen (secondary N) is 3. The minimum atomic E-state index is -0.560. The van der Waals surface area contributed by atoms with E-state index in [2.05, 4.69) is 16.0 Å². The lowest BCUT2D eigenvalue weighted by molar-refractivity contribution is -0.384. The second kappa shape index (κ2) is 14.3. The Kier molecular flexibility index (Phi) is 10.3. The number of nitro benzene ring substituents is 1. The standard InChI is InChI=1S/C32H27ClN4O5S/c1-20-11-16-26(37(41)42)19-28(20)35-30(38)21(2)43-27-10-6-9-25(18-27)34-32(40)29(17-22-12-14-24(33)15-13-22)36-31(39)23-7-4-3-5-8-23/h3-19,21H,1-2H3,(H,34,40)(H,35,38)(H,36,39)/b29-17-. The van der Waals surface area contributed by atoms with E-state index in [1.807, 2.05) is 0 Å². The molecule has 11 heteroatoms. The number of amides is 3. The number of rotatable bonds is 10. The van der Waals surface area contributed by atoms with Gasteiger partial charge in [-0.1, -0.05) is 54.1 Å². The third kappa shape index (κ3) is 8.78. The van der Waals surface area contributed by atoms with Crippen molar-refractivity contribution in [2.45, 2.75) is 24.0 Å². The average Bonchev–Trinajstić information content (AvgIpc) is 2.99. The van der Waals surface area contributed by atoms with Crippen LogP contribution >= 0.6 is 23.4 Å². The van der Waals surface area contributed by atoms with E-state index < -0.39 is 22.0 Å². The van der Waals surface area contributed by atoms with Gasteiger partial charge in [0.2, 0.25) is 5.91 Å². The summed E-state index contributed by atoms with van der Waals surface area (Å²) in [5, 5.41) is 19.4. The molecule has 0 saturated heterocycles. The van der Waals surface area contributed by atoms with Crippen LogP contribution in [-0.4, -0.2) is 27.9 Å². The van der Waals surface area contributed by atoms with Crippen molar-refractivity contribution < 1.29 is 19.3 Å². The quantitative estimate of drug-likeness (QED) is 0.0757. The summed E-state index contributed by atoms with van der Waals surface area (Å²) in [6, 6.07) is 26.6. The molecule has 43 heavy (non-hydrogen) atoms. The Hall–Kier alpha value is -4.93. The van der Waals surface area contributed by atoms with Crippen LogP contribution in [0.25, 0.3) is 6.08 Å². The van der Waals surface area contributed by atoms with E-state index in [0.29, 0.717) is 38.0 Å². The van der Waals surface area contributed by atoms with Gasteiger partial charge in [0.05, 0.1) is 15.9 Å². The van der Waals surface area contributed by atoms with Gasteiger partial charge in [-0.2, -0.15) is 0 Å². The molecule has 1 unspecified atom stereocenters. The number of thioether (sulfide) groups is 1. The minimum Gasteiger partial charge on any atom is -0.325 e. The SMILES string of the molecule is Cc1ccc([N+](=O)[O-])cc1NC(=O)C(C)Sc1cccc(NC(=O)/C(=C/c2ccc(Cl)cc2)NC(=O)c2ccccc2)c1. The van der Waals surface area contributed by atoms with Gasteiger partial charge in [0.1, 0.15) is 5.70 Å². The largest absolute Gasteiger partial charge is 0.325 e. The van der Waals surface area contributed by atoms with Crippen LogP contribution in [0.5, 0.6) is 0 Å². The molecule has 0 aromatic heterocycles. The molecule has 0 aliphatic rings. The number of benzene rings is 4. The van der Waals surface area contributed by atoms with E-state index in [1.54, 1.807) is 105 Å². The Morgan fingerprint density at radius 2 is 1.63 bits per heavy atom. The lowest BCUT2D eigenvalue weighted by atomic mass is 10.1. The third-order valence-electron chi connectivity index (χ3n) is 6.17. The Morgan fingerprint density at radius 1 is 0.907 bits per heavy atom. The first-order valence-electron chi connectivity index (χ1n) is 13.1. The zero-order valence-electron chi connectivity index (χ0n) is 23.2. The predicted molar refractivity (Wildman–Crippen MR) is 170 cm³/mol. The molecule has 0 spiro atoms. The number of anilines is 2. The minimum absolute atomic E-state index is 0.0225. The highest BCUT2D eigenvalue weighted by Crippen LogP contribution is 2.28. The summed E-state index contributed by atoms with van der Waals surface area (Å²) in [5.41, 5.74) is 2.47. The number of hydrogen-bond acceptors (Lipinski definition) is 6. The number of hydrogen-bond donors (Lipinski definition) is 3. The number of carbonyl (C=O) groups is 3. The molecule has 4 aromatic rings. The monoisotopic (exact) mass is 614 g/mol. The Bertz CT molecular complexity index is 1690. The molecule has 0 aliphatic carbocycles. The fourth-order valence-corrected chi connectivity index (χ4v) is 4.92. The molecule has 9 nitrogen and oxygen atoms in total. The highest BCUT2D eigenvalue weighted by Gasteiger charge is 2.19. The van der Waals surface area contributed by atoms with E-state index in [0.717, 1.165) is 0 Å². The molecule has 4 aromatic carbocycles. The number of aryl methyl sites for hydroxylation is 1. The summed E-state index contributed by atoms with van der Waals surface area (Å²) >= 11 is 7.25. The van der Waals surface area contributed by atoms with E-state index in [-0.39, 0.29) is 17.3 Å². The average molecular weight is 615 g/mol. The fraction of sp³-hybridized carbons (Fsp3) is 0.0938. The van der Waals surface area contributed by atoms with Crippen molar-refractivity contribution in [1.82, 2.24) is 5.32 Å². The van der Waals surface area contributed by atoms with Gasteiger partial charge in [0.15, 0.2) is 0 Å². The molecule has 0 fully saturated rings. The molecule has 0 bridgehead atoms. The van der Waals surface area contributed by atoms with Gasteiger partial charge >= 0.3 is 0 Å². The Labute approximate surface area is 257 Å².